The molecular weight excluding hydrogens is 221 g/mol. The Hall–Kier alpha value is -0.780. The highest BCUT2D eigenvalue weighted by molar-refractivity contribution is 5.76. The van der Waals surface area contributed by atoms with Crippen molar-refractivity contribution in [1.29, 1.82) is 0 Å². The standard InChI is InChI=1S/C10H19F3N2O/c1-8(7-14)6-9(16)15-5-3-2-4-10(11,12)13/h8H,2-7,14H2,1H3,(H,15,16). The third-order valence-corrected chi connectivity index (χ3v) is 2.15. The Balaban J connectivity index is 3.42. The fourth-order valence-corrected chi connectivity index (χ4v) is 1.15. The van der Waals surface area contributed by atoms with Crippen molar-refractivity contribution in [3.8, 4) is 0 Å². The lowest BCUT2D eigenvalue weighted by Gasteiger charge is -2.09. The quantitative estimate of drug-likeness (QED) is 0.667. The molecule has 0 heterocycles. The normalized spacial score (nSPS) is 13.6. The minimum atomic E-state index is -4.10. The lowest BCUT2D eigenvalue weighted by Crippen LogP contribution is -2.28. The van der Waals surface area contributed by atoms with Gasteiger partial charge in [-0.05, 0) is 25.3 Å². The van der Waals surface area contributed by atoms with Crippen LogP contribution in [0.15, 0.2) is 0 Å². The number of halogens is 3. The number of unbranched alkanes of at least 4 members (excludes halogenated alkanes) is 1. The van der Waals surface area contributed by atoms with Gasteiger partial charge in [-0.15, -0.1) is 0 Å². The van der Waals surface area contributed by atoms with Crippen molar-refractivity contribution in [2.75, 3.05) is 13.1 Å². The van der Waals surface area contributed by atoms with Crippen LogP contribution in [-0.2, 0) is 4.79 Å². The Kier molecular flexibility index (Phi) is 7.12. The molecule has 0 saturated heterocycles. The van der Waals surface area contributed by atoms with Gasteiger partial charge in [0.25, 0.3) is 0 Å². The van der Waals surface area contributed by atoms with Crippen LogP contribution in [0.3, 0.4) is 0 Å². The molecule has 3 N–H and O–H groups in total. The minimum Gasteiger partial charge on any atom is -0.356 e. The zero-order chi connectivity index (χ0) is 12.6. The molecule has 0 bridgehead atoms. The molecule has 0 aliphatic rings. The summed E-state index contributed by atoms with van der Waals surface area (Å²) in [5.41, 5.74) is 5.34. The van der Waals surface area contributed by atoms with E-state index in [1.807, 2.05) is 6.92 Å². The Morgan fingerprint density at radius 1 is 1.38 bits per heavy atom. The van der Waals surface area contributed by atoms with Crippen molar-refractivity contribution in [3.63, 3.8) is 0 Å². The summed E-state index contributed by atoms with van der Waals surface area (Å²) in [6, 6.07) is 0. The van der Waals surface area contributed by atoms with Gasteiger partial charge in [0.1, 0.15) is 0 Å². The number of alkyl halides is 3. The van der Waals surface area contributed by atoms with Crippen LogP contribution in [0.1, 0.15) is 32.6 Å². The molecule has 1 atom stereocenters. The minimum absolute atomic E-state index is 0.0518. The van der Waals surface area contributed by atoms with Gasteiger partial charge in [0.05, 0.1) is 0 Å². The van der Waals surface area contributed by atoms with E-state index in [0.29, 0.717) is 25.9 Å². The monoisotopic (exact) mass is 240 g/mol. The molecule has 96 valence electrons. The fraction of sp³-hybridized carbons (Fsp3) is 0.900. The van der Waals surface area contributed by atoms with E-state index in [0.717, 1.165) is 0 Å². The van der Waals surface area contributed by atoms with E-state index in [4.69, 9.17) is 5.73 Å². The van der Waals surface area contributed by atoms with Gasteiger partial charge in [-0.25, -0.2) is 0 Å². The zero-order valence-electron chi connectivity index (χ0n) is 9.44. The molecule has 1 amide bonds. The first-order chi connectivity index (χ1) is 7.35. The fourth-order valence-electron chi connectivity index (χ4n) is 1.15. The van der Waals surface area contributed by atoms with Gasteiger partial charge in [0.15, 0.2) is 0 Å². The summed E-state index contributed by atoms with van der Waals surface area (Å²) >= 11 is 0. The summed E-state index contributed by atoms with van der Waals surface area (Å²) < 4.78 is 35.3. The van der Waals surface area contributed by atoms with Crippen LogP contribution in [0.5, 0.6) is 0 Å². The summed E-state index contributed by atoms with van der Waals surface area (Å²) in [6.45, 7) is 2.58. The highest BCUT2D eigenvalue weighted by Crippen LogP contribution is 2.21. The number of nitrogens with one attached hydrogen (secondary N) is 1. The SMILES string of the molecule is CC(CN)CC(=O)NCCCCC(F)(F)F. The molecule has 0 fully saturated rings. The molecule has 6 heteroatoms. The van der Waals surface area contributed by atoms with Gasteiger partial charge >= 0.3 is 6.18 Å². The van der Waals surface area contributed by atoms with Crippen molar-refractivity contribution in [2.45, 2.75) is 38.8 Å². The first-order valence-corrected chi connectivity index (χ1v) is 5.38. The molecule has 0 aliphatic heterocycles. The first kappa shape index (κ1) is 15.2. The largest absolute Gasteiger partial charge is 0.389 e. The Labute approximate surface area is 93.6 Å². The molecule has 0 aromatic rings. The van der Waals surface area contributed by atoms with E-state index in [2.05, 4.69) is 5.32 Å². The third-order valence-electron chi connectivity index (χ3n) is 2.15. The highest BCUT2D eigenvalue weighted by atomic mass is 19.4. The van der Waals surface area contributed by atoms with Crippen LogP contribution >= 0.6 is 0 Å². The number of carbonyl (C=O) groups is 1. The second kappa shape index (κ2) is 7.49. The second-order valence-electron chi connectivity index (χ2n) is 3.97. The first-order valence-electron chi connectivity index (χ1n) is 5.38. The predicted octanol–water partition coefficient (Wildman–Crippen LogP) is 1.82. The van der Waals surface area contributed by atoms with Crippen molar-refractivity contribution in [3.05, 3.63) is 0 Å². The van der Waals surface area contributed by atoms with Crippen LogP contribution in [0.4, 0.5) is 13.2 Å². The molecule has 0 rings (SSSR count). The maximum absolute atomic E-state index is 11.8. The molecule has 0 aromatic carbocycles. The van der Waals surface area contributed by atoms with E-state index in [1.54, 1.807) is 0 Å². The van der Waals surface area contributed by atoms with Gasteiger partial charge < -0.3 is 11.1 Å². The Morgan fingerprint density at radius 3 is 2.50 bits per heavy atom. The van der Waals surface area contributed by atoms with Crippen LogP contribution in [0, 0.1) is 5.92 Å². The molecule has 16 heavy (non-hydrogen) atoms. The zero-order valence-corrected chi connectivity index (χ0v) is 9.44. The third kappa shape index (κ3) is 9.76. The summed E-state index contributed by atoms with van der Waals surface area (Å²) in [7, 11) is 0. The van der Waals surface area contributed by atoms with Gasteiger partial charge in [-0.1, -0.05) is 6.92 Å². The van der Waals surface area contributed by atoms with E-state index >= 15 is 0 Å². The van der Waals surface area contributed by atoms with Gasteiger partial charge in [-0.2, -0.15) is 13.2 Å². The van der Waals surface area contributed by atoms with Gasteiger partial charge in [-0.3, -0.25) is 4.79 Å². The van der Waals surface area contributed by atoms with Crippen molar-refractivity contribution < 1.29 is 18.0 Å². The maximum Gasteiger partial charge on any atom is 0.389 e. The van der Waals surface area contributed by atoms with Crippen LogP contribution < -0.4 is 11.1 Å². The van der Waals surface area contributed by atoms with E-state index in [9.17, 15) is 18.0 Å². The molecule has 0 saturated carbocycles. The summed E-state index contributed by atoms with van der Waals surface area (Å²) in [4.78, 5) is 11.2. The number of nitrogens with two attached hydrogens (primary N) is 1. The molecule has 0 aromatic heterocycles. The number of hydrogen-bond acceptors (Lipinski definition) is 2. The number of hydrogen-bond donors (Lipinski definition) is 2. The number of rotatable bonds is 7. The molecule has 0 radical (unpaired) electrons. The van der Waals surface area contributed by atoms with Gasteiger partial charge in [0.2, 0.25) is 5.91 Å². The van der Waals surface area contributed by atoms with Crippen LogP contribution in [0.25, 0.3) is 0 Å². The predicted molar refractivity (Wildman–Crippen MR) is 55.8 cm³/mol. The highest BCUT2D eigenvalue weighted by Gasteiger charge is 2.25. The lowest BCUT2D eigenvalue weighted by molar-refractivity contribution is -0.135. The molecule has 0 spiro atoms. The Morgan fingerprint density at radius 2 is 2.00 bits per heavy atom. The van der Waals surface area contributed by atoms with Crippen molar-refractivity contribution >= 4 is 5.91 Å². The number of amides is 1. The van der Waals surface area contributed by atoms with Crippen molar-refractivity contribution in [2.24, 2.45) is 11.7 Å². The molecular formula is C10H19F3N2O. The van der Waals surface area contributed by atoms with E-state index in [1.165, 1.54) is 0 Å². The molecule has 0 aliphatic carbocycles. The second-order valence-corrected chi connectivity index (χ2v) is 3.97. The lowest BCUT2D eigenvalue weighted by atomic mass is 10.1. The van der Waals surface area contributed by atoms with Gasteiger partial charge in [0, 0.05) is 19.4 Å². The van der Waals surface area contributed by atoms with E-state index < -0.39 is 12.6 Å². The summed E-state index contributed by atoms with van der Waals surface area (Å²) in [5.74, 6) is -0.0415. The maximum atomic E-state index is 11.8. The summed E-state index contributed by atoms with van der Waals surface area (Å²) in [5, 5.41) is 2.57. The molecule has 3 nitrogen and oxygen atoms in total. The van der Waals surface area contributed by atoms with E-state index in [-0.39, 0.29) is 18.2 Å². The van der Waals surface area contributed by atoms with Crippen molar-refractivity contribution in [1.82, 2.24) is 5.32 Å². The number of carbonyl (C=O) groups excluding carboxylic acids is 1. The molecule has 1 unspecified atom stereocenters. The average molecular weight is 240 g/mol. The Bertz CT molecular complexity index is 207. The average Bonchev–Trinajstić information content (AvgIpc) is 2.15. The smallest absolute Gasteiger partial charge is 0.356 e. The van der Waals surface area contributed by atoms with Crippen LogP contribution in [0.2, 0.25) is 0 Å². The topological polar surface area (TPSA) is 55.1 Å². The van der Waals surface area contributed by atoms with Crippen LogP contribution in [-0.4, -0.2) is 25.2 Å². The summed E-state index contributed by atoms with van der Waals surface area (Å²) in [6.07, 6.45) is -4.16.